The lowest BCUT2D eigenvalue weighted by Gasteiger charge is -2.15. The Labute approximate surface area is 256 Å². The van der Waals surface area contributed by atoms with Crippen molar-refractivity contribution in [3.63, 3.8) is 0 Å². The van der Waals surface area contributed by atoms with Gasteiger partial charge in [0.1, 0.15) is 0 Å². The van der Waals surface area contributed by atoms with E-state index in [0.29, 0.717) is 50.8 Å². The van der Waals surface area contributed by atoms with Crippen LogP contribution in [0.15, 0.2) is 82.7 Å². The van der Waals surface area contributed by atoms with E-state index in [1.54, 1.807) is 72.8 Å². The Morgan fingerprint density at radius 2 is 1.56 bits per heavy atom. The molecule has 2 heterocycles. The summed E-state index contributed by atoms with van der Waals surface area (Å²) in [5.41, 5.74) is 1.46. The molecule has 0 saturated heterocycles. The van der Waals surface area contributed by atoms with E-state index in [2.05, 4.69) is 5.10 Å². The third-order valence-corrected chi connectivity index (χ3v) is 7.00. The molecule has 1 aliphatic rings. The van der Waals surface area contributed by atoms with Crippen LogP contribution in [0.1, 0.15) is 15.9 Å². The van der Waals surface area contributed by atoms with Gasteiger partial charge >= 0.3 is 5.97 Å². The SMILES string of the molecule is COc1cc(C=Nn2c(-c3cc(OC)c(OC)c(OC)c3)nc3ccccc3c2=O)ccc1OC(=O)c1ccc2c(c1)OCO2. The first-order valence-corrected chi connectivity index (χ1v) is 13.6. The molecule has 12 nitrogen and oxygen atoms in total. The molecule has 228 valence electrons. The summed E-state index contributed by atoms with van der Waals surface area (Å²) >= 11 is 0. The zero-order valence-corrected chi connectivity index (χ0v) is 24.7. The molecule has 6 rings (SSSR count). The normalized spacial score (nSPS) is 11.9. The minimum absolute atomic E-state index is 0.0933. The smallest absolute Gasteiger partial charge is 0.343 e. The van der Waals surface area contributed by atoms with Crippen LogP contribution in [0.4, 0.5) is 0 Å². The summed E-state index contributed by atoms with van der Waals surface area (Å²) in [5.74, 6) is 2.32. The number of rotatable bonds is 9. The molecule has 0 spiro atoms. The van der Waals surface area contributed by atoms with Crippen molar-refractivity contribution >= 4 is 23.1 Å². The van der Waals surface area contributed by atoms with E-state index in [9.17, 15) is 9.59 Å². The van der Waals surface area contributed by atoms with Crippen LogP contribution >= 0.6 is 0 Å². The van der Waals surface area contributed by atoms with Crippen LogP contribution in [0.5, 0.6) is 40.2 Å². The monoisotopic (exact) mass is 609 g/mol. The van der Waals surface area contributed by atoms with Gasteiger partial charge in [0, 0.05) is 5.56 Å². The fraction of sp³-hybridized carbons (Fsp3) is 0.152. The summed E-state index contributed by atoms with van der Waals surface area (Å²) in [7, 11) is 5.97. The molecule has 0 aliphatic carbocycles. The molecule has 1 aromatic heterocycles. The first-order chi connectivity index (χ1) is 21.9. The lowest BCUT2D eigenvalue weighted by Crippen LogP contribution is -2.20. The summed E-state index contributed by atoms with van der Waals surface area (Å²) in [6.45, 7) is 0.0933. The first-order valence-electron chi connectivity index (χ1n) is 13.6. The van der Waals surface area contributed by atoms with Crippen molar-refractivity contribution in [3.05, 3.63) is 94.3 Å². The molecule has 0 unspecified atom stereocenters. The molecule has 0 fully saturated rings. The second-order valence-electron chi connectivity index (χ2n) is 9.60. The Kier molecular flexibility index (Phi) is 7.93. The maximum Gasteiger partial charge on any atom is 0.343 e. The molecular weight excluding hydrogens is 582 g/mol. The van der Waals surface area contributed by atoms with Crippen molar-refractivity contribution in [2.24, 2.45) is 5.10 Å². The Hall–Kier alpha value is -6.04. The number of carbonyl (C=O) groups is 1. The summed E-state index contributed by atoms with van der Waals surface area (Å²) in [5, 5.41) is 4.90. The maximum atomic E-state index is 13.7. The fourth-order valence-corrected chi connectivity index (χ4v) is 4.78. The number of hydrogen-bond acceptors (Lipinski definition) is 11. The molecule has 12 heteroatoms. The van der Waals surface area contributed by atoms with E-state index in [-0.39, 0.29) is 35.2 Å². The minimum atomic E-state index is -0.600. The molecule has 45 heavy (non-hydrogen) atoms. The topological polar surface area (TPSA) is 129 Å². The first kappa shape index (κ1) is 29.1. The second-order valence-corrected chi connectivity index (χ2v) is 9.60. The summed E-state index contributed by atoms with van der Waals surface area (Å²) < 4.78 is 39.4. The third kappa shape index (κ3) is 5.56. The molecule has 0 saturated carbocycles. The number of esters is 1. The Morgan fingerprint density at radius 3 is 2.29 bits per heavy atom. The standard InChI is InChI=1S/C33H27N3O9/c1-39-26-13-19(9-11-25(26)45-33(38)20-10-12-24-27(14-20)44-18-43-24)17-34-36-31(35-23-8-6-5-7-22(23)32(36)37)21-15-28(40-2)30(42-4)29(16-21)41-3/h5-17H,18H2,1-4H3. The number of fused-ring (bicyclic) bond motifs is 2. The van der Waals surface area contributed by atoms with Crippen LogP contribution in [0, 0.1) is 0 Å². The Balaban J connectivity index is 1.37. The number of carbonyl (C=O) groups excluding carboxylic acids is 1. The van der Waals surface area contributed by atoms with E-state index in [4.69, 9.17) is 38.1 Å². The fourth-order valence-electron chi connectivity index (χ4n) is 4.78. The van der Waals surface area contributed by atoms with Gasteiger partial charge in [-0.1, -0.05) is 12.1 Å². The lowest BCUT2D eigenvalue weighted by molar-refractivity contribution is 0.0729. The molecule has 0 bridgehead atoms. The zero-order valence-electron chi connectivity index (χ0n) is 24.7. The molecule has 4 aromatic carbocycles. The third-order valence-electron chi connectivity index (χ3n) is 7.00. The number of ether oxygens (including phenoxy) is 7. The van der Waals surface area contributed by atoms with Crippen LogP contribution in [-0.4, -0.2) is 57.1 Å². The number of hydrogen-bond donors (Lipinski definition) is 0. The van der Waals surface area contributed by atoms with Crippen LogP contribution in [0.3, 0.4) is 0 Å². The quantitative estimate of drug-likeness (QED) is 0.129. The maximum absolute atomic E-state index is 13.7. The van der Waals surface area contributed by atoms with E-state index in [0.717, 1.165) is 0 Å². The summed E-state index contributed by atoms with van der Waals surface area (Å²) in [6.07, 6.45) is 1.48. The van der Waals surface area contributed by atoms with Gasteiger partial charge < -0.3 is 33.2 Å². The lowest BCUT2D eigenvalue weighted by atomic mass is 10.1. The molecule has 0 atom stereocenters. The summed E-state index contributed by atoms with van der Waals surface area (Å²) in [4.78, 5) is 31.3. The predicted molar refractivity (Wildman–Crippen MR) is 165 cm³/mol. The van der Waals surface area contributed by atoms with Gasteiger partial charge in [0.05, 0.1) is 51.1 Å². The highest BCUT2D eigenvalue weighted by Crippen LogP contribution is 2.41. The molecule has 0 radical (unpaired) electrons. The van der Waals surface area contributed by atoms with Crippen LogP contribution in [0.25, 0.3) is 22.3 Å². The number of methoxy groups -OCH3 is 4. The predicted octanol–water partition coefficient (Wildman–Crippen LogP) is 4.93. The molecule has 5 aromatic rings. The van der Waals surface area contributed by atoms with Gasteiger partial charge in [-0.25, -0.2) is 9.78 Å². The highest BCUT2D eigenvalue weighted by Gasteiger charge is 2.20. The molecule has 0 N–H and O–H groups in total. The number of para-hydroxylation sites is 1. The van der Waals surface area contributed by atoms with Crippen LogP contribution in [-0.2, 0) is 0 Å². The zero-order chi connectivity index (χ0) is 31.5. The summed E-state index contributed by atoms with van der Waals surface area (Å²) in [6, 6.07) is 20.0. The van der Waals surface area contributed by atoms with E-state index in [1.165, 1.54) is 39.3 Å². The van der Waals surface area contributed by atoms with E-state index < -0.39 is 5.97 Å². The molecular formula is C33H27N3O9. The van der Waals surface area contributed by atoms with E-state index >= 15 is 0 Å². The van der Waals surface area contributed by atoms with Gasteiger partial charge in [-0.05, 0) is 66.2 Å². The van der Waals surface area contributed by atoms with Crippen molar-refractivity contribution in [1.29, 1.82) is 0 Å². The van der Waals surface area contributed by atoms with Gasteiger partial charge in [0.2, 0.25) is 12.5 Å². The largest absolute Gasteiger partial charge is 0.493 e. The van der Waals surface area contributed by atoms with Crippen molar-refractivity contribution in [3.8, 4) is 51.6 Å². The van der Waals surface area contributed by atoms with Gasteiger partial charge in [-0.15, -0.1) is 0 Å². The van der Waals surface area contributed by atoms with Gasteiger partial charge in [-0.2, -0.15) is 9.78 Å². The average molecular weight is 610 g/mol. The van der Waals surface area contributed by atoms with Crippen LogP contribution in [0.2, 0.25) is 0 Å². The highest BCUT2D eigenvalue weighted by atomic mass is 16.7. The van der Waals surface area contributed by atoms with Gasteiger partial charge in [0.25, 0.3) is 5.56 Å². The minimum Gasteiger partial charge on any atom is -0.493 e. The highest BCUT2D eigenvalue weighted by molar-refractivity contribution is 5.92. The van der Waals surface area contributed by atoms with Crippen molar-refractivity contribution in [2.45, 2.75) is 0 Å². The van der Waals surface area contributed by atoms with E-state index in [1.807, 2.05) is 0 Å². The number of benzene rings is 4. The van der Waals surface area contributed by atoms with Gasteiger partial charge in [-0.3, -0.25) is 4.79 Å². The second kappa shape index (κ2) is 12.3. The van der Waals surface area contributed by atoms with Crippen molar-refractivity contribution < 1.29 is 38.0 Å². The van der Waals surface area contributed by atoms with Crippen molar-refractivity contribution in [1.82, 2.24) is 9.66 Å². The van der Waals surface area contributed by atoms with Crippen molar-refractivity contribution in [2.75, 3.05) is 35.2 Å². The van der Waals surface area contributed by atoms with Crippen LogP contribution < -0.4 is 38.7 Å². The number of aromatic nitrogens is 2. The molecule has 1 aliphatic heterocycles. The molecule has 0 amide bonds. The average Bonchev–Trinajstić information content (AvgIpc) is 3.55. The Morgan fingerprint density at radius 1 is 0.822 bits per heavy atom. The van der Waals surface area contributed by atoms with Gasteiger partial charge in [0.15, 0.2) is 40.3 Å². The Bertz CT molecular complexity index is 1990. The number of nitrogens with zero attached hydrogens (tertiary/aromatic N) is 3.